The normalized spacial score (nSPS) is 14.3. The molecule has 8 nitrogen and oxygen atoms in total. The molecule has 1 fully saturated rings. The molecule has 4 heterocycles. The van der Waals surface area contributed by atoms with Crippen LogP contribution in [-0.2, 0) is 11.2 Å². The van der Waals surface area contributed by atoms with Gasteiger partial charge in [-0.2, -0.15) is 0 Å². The molecular weight excluding hydrogens is 464 g/mol. The summed E-state index contributed by atoms with van der Waals surface area (Å²) in [5.74, 6) is 0.965. The molecule has 188 valence electrons. The van der Waals surface area contributed by atoms with Crippen LogP contribution in [0.3, 0.4) is 0 Å². The van der Waals surface area contributed by atoms with Crippen LogP contribution >= 0.6 is 0 Å². The van der Waals surface area contributed by atoms with Gasteiger partial charge in [-0.05, 0) is 60.7 Å². The number of nitrogens with zero attached hydrogens (tertiary/aromatic N) is 5. The predicted molar refractivity (Wildman–Crippen MR) is 144 cm³/mol. The van der Waals surface area contributed by atoms with Crippen LogP contribution in [0.5, 0.6) is 0 Å². The number of ether oxygens (including phenoxy) is 1. The highest BCUT2D eigenvalue weighted by Crippen LogP contribution is 2.25. The van der Waals surface area contributed by atoms with Crippen LogP contribution in [0.25, 0.3) is 11.3 Å². The van der Waals surface area contributed by atoms with Gasteiger partial charge >= 0.3 is 0 Å². The van der Waals surface area contributed by atoms with E-state index in [-0.39, 0.29) is 11.8 Å². The van der Waals surface area contributed by atoms with Gasteiger partial charge in [-0.15, -0.1) is 0 Å². The topological polar surface area (TPSA) is 93.1 Å². The third-order valence-corrected chi connectivity index (χ3v) is 6.43. The summed E-state index contributed by atoms with van der Waals surface area (Å²) < 4.78 is 5.43. The van der Waals surface area contributed by atoms with Crippen LogP contribution in [-0.4, -0.2) is 52.1 Å². The molecule has 37 heavy (non-hydrogen) atoms. The smallest absolute Gasteiger partial charge is 0.257 e. The van der Waals surface area contributed by atoms with E-state index in [1.165, 1.54) is 0 Å². The number of aromatic nitrogens is 4. The largest absolute Gasteiger partial charge is 0.378 e. The van der Waals surface area contributed by atoms with Crippen molar-refractivity contribution in [1.29, 1.82) is 0 Å². The Balaban J connectivity index is 1.25. The number of carbonyl (C=O) groups excluding carboxylic acids is 1. The third-order valence-electron chi connectivity index (χ3n) is 6.43. The Kier molecular flexibility index (Phi) is 7.46. The molecule has 5 rings (SSSR count). The van der Waals surface area contributed by atoms with Crippen molar-refractivity contribution in [3.63, 3.8) is 0 Å². The van der Waals surface area contributed by atoms with Crippen molar-refractivity contribution in [2.45, 2.75) is 26.2 Å². The summed E-state index contributed by atoms with van der Waals surface area (Å²) in [5, 5.41) is 2.98. The Morgan fingerprint density at radius 2 is 1.86 bits per heavy atom. The Hall–Kier alpha value is -4.17. The molecule has 1 aromatic carbocycles. The minimum Gasteiger partial charge on any atom is -0.378 e. The third kappa shape index (κ3) is 6.16. The van der Waals surface area contributed by atoms with E-state index >= 15 is 0 Å². The minimum absolute atomic E-state index is 0.173. The first-order chi connectivity index (χ1) is 18.0. The summed E-state index contributed by atoms with van der Waals surface area (Å²) in [6.07, 6.45) is 9.47. The number of pyridine rings is 2. The summed E-state index contributed by atoms with van der Waals surface area (Å²) in [6, 6.07) is 13.8. The maximum atomic E-state index is 12.6. The molecule has 0 unspecified atom stereocenters. The van der Waals surface area contributed by atoms with Gasteiger partial charge in [-0.25, -0.2) is 9.97 Å². The lowest BCUT2D eigenvalue weighted by molar-refractivity contribution is 0.102. The molecule has 0 saturated carbocycles. The number of rotatable bonds is 7. The van der Waals surface area contributed by atoms with Crippen LogP contribution in [0.1, 0.15) is 40.0 Å². The molecule has 3 aromatic heterocycles. The zero-order chi connectivity index (χ0) is 25.6. The number of amides is 1. The summed E-state index contributed by atoms with van der Waals surface area (Å²) in [6.45, 7) is 7.24. The number of hydrogen-bond donors (Lipinski definition) is 1. The highest BCUT2D eigenvalue weighted by molar-refractivity contribution is 6.04. The van der Waals surface area contributed by atoms with E-state index in [4.69, 9.17) is 9.72 Å². The molecule has 1 amide bonds. The van der Waals surface area contributed by atoms with Gasteiger partial charge in [0.2, 0.25) is 0 Å². The molecule has 4 aromatic rings. The van der Waals surface area contributed by atoms with Gasteiger partial charge in [0.25, 0.3) is 5.91 Å². The number of morpholine rings is 1. The van der Waals surface area contributed by atoms with Crippen molar-refractivity contribution in [1.82, 2.24) is 19.9 Å². The molecule has 0 radical (unpaired) electrons. The van der Waals surface area contributed by atoms with Gasteiger partial charge in [0.15, 0.2) is 0 Å². The summed E-state index contributed by atoms with van der Waals surface area (Å²) in [7, 11) is 0. The highest BCUT2D eigenvalue weighted by Gasteiger charge is 2.14. The molecule has 1 aliphatic heterocycles. The fourth-order valence-corrected chi connectivity index (χ4v) is 4.40. The van der Waals surface area contributed by atoms with Gasteiger partial charge in [0, 0.05) is 49.1 Å². The van der Waals surface area contributed by atoms with Crippen LogP contribution in [0.4, 0.5) is 11.5 Å². The van der Waals surface area contributed by atoms with Crippen LogP contribution < -0.4 is 10.2 Å². The van der Waals surface area contributed by atoms with Crippen molar-refractivity contribution in [3.8, 4) is 11.3 Å². The first-order valence-corrected chi connectivity index (χ1v) is 12.5. The number of carbonyl (C=O) groups is 1. The number of aryl methyl sites for hydroxylation is 1. The van der Waals surface area contributed by atoms with Gasteiger partial charge in [-0.1, -0.05) is 19.1 Å². The van der Waals surface area contributed by atoms with Crippen molar-refractivity contribution < 1.29 is 9.53 Å². The summed E-state index contributed by atoms with van der Waals surface area (Å²) >= 11 is 0. The van der Waals surface area contributed by atoms with Gasteiger partial charge in [0.1, 0.15) is 5.82 Å². The average molecular weight is 495 g/mol. The second-order valence-electron chi connectivity index (χ2n) is 9.34. The Morgan fingerprint density at radius 1 is 1.03 bits per heavy atom. The minimum atomic E-state index is -0.173. The average Bonchev–Trinajstić information content (AvgIpc) is 2.94. The number of anilines is 2. The van der Waals surface area contributed by atoms with Crippen molar-refractivity contribution in [2.24, 2.45) is 0 Å². The van der Waals surface area contributed by atoms with Crippen molar-refractivity contribution in [2.75, 3.05) is 36.5 Å². The SMILES string of the molecule is Cc1cncc(C(=O)Nc2cccc([C@H](C)Cc3cncc(-c4ccc(N5CCOCC5)nc4)n3)c2)c1. The predicted octanol–water partition coefficient (Wildman–Crippen LogP) is 4.68. The lowest BCUT2D eigenvalue weighted by Gasteiger charge is -2.27. The van der Waals surface area contributed by atoms with Crippen molar-refractivity contribution >= 4 is 17.4 Å². The van der Waals surface area contributed by atoms with Gasteiger partial charge in [-0.3, -0.25) is 14.8 Å². The Morgan fingerprint density at radius 3 is 2.65 bits per heavy atom. The zero-order valence-electron chi connectivity index (χ0n) is 21.1. The Labute approximate surface area is 216 Å². The van der Waals surface area contributed by atoms with E-state index in [0.717, 1.165) is 72.3 Å². The number of nitrogens with one attached hydrogen (secondary N) is 1. The first kappa shape index (κ1) is 24.5. The molecule has 0 bridgehead atoms. The van der Waals surface area contributed by atoms with Crippen LogP contribution in [0.15, 0.2) is 73.4 Å². The van der Waals surface area contributed by atoms with E-state index < -0.39 is 0 Å². The standard InChI is InChI=1S/C29H30N6O2/c1-20-12-24(16-30-15-20)29(36)34-25-5-3-4-22(14-25)21(2)13-26-18-31-19-27(33-26)23-6-7-28(32-17-23)35-8-10-37-11-9-35/h3-7,12,14-19,21H,8-11,13H2,1-2H3,(H,34,36)/t21-/m1/s1. The summed E-state index contributed by atoms with van der Waals surface area (Å²) in [5.41, 5.74) is 6.00. The van der Waals surface area contributed by atoms with Gasteiger partial charge in [0.05, 0.1) is 36.4 Å². The molecule has 8 heteroatoms. The fourth-order valence-electron chi connectivity index (χ4n) is 4.40. The maximum Gasteiger partial charge on any atom is 0.257 e. The maximum absolute atomic E-state index is 12.6. The summed E-state index contributed by atoms with van der Waals surface area (Å²) in [4.78, 5) is 32.9. The quantitative estimate of drug-likeness (QED) is 0.399. The number of benzene rings is 1. The molecule has 0 aliphatic carbocycles. The molecule has 0 spiro atoms. The monoisotopic (exact) mass is 494 g/mol. The zero-order valence-corrected chi connectivity index (χ0v) is 21.1. The van der Waals surface area contributed by atoms with Crippen LogP contribution in [0.2, 0.25) is 0 Å². The lowest BCUT2D eigenvalue weighted by atomic mass is 9.96. The molecule has 1 atom stereocenters. The first-order valence-electron chi connectivity index (χ1n) is 12.5. The molecule has 1 saturated heterocycles. The molecule has 1 aliphatic rings. The molecular formula is C29H30N6O2. The fraction of sp³-hybridized carbons (Fsp3) is 0.276. The van der Waals surface area contributed by atoms with Gasteiger partial charge < -0.3 is 15.0 Å². The highest BCUT2D eigenvalue weighted by atomic mass is 16.5. The second kappa shape index (κ2) is 11.3. The van der Waals surface area contributed by atoms with E-state index in [1.807, 2.05) is 55.7 Å². The Bertz CT molecular complexity index is 1370. The number of hydrogen-bond acceptors (Lipinski definition) is 7. The van der Waals surface area contributed by atoms with Crippen molar-refractivity contribution in [3.05, 3.63) is 95.8 Å². The van der Waals surface area contributed by atoms with E-state index in [1.54, 1.807) is 18.6 Å². The second-order valence-corrected chi connectivity index (χ2v) is 9.34. The van der Waals surface area contributed by atoms with E-state index in [2.05, 4.69) is 38.2 Å². The lowest BCUT2D eigenvalue weighted by Crippen LogP contribution is -2.36. The van der Waals surface area contributed by atoms with Crippen LogP contribution in [0, 0.1) is 6.92 Å². The van der Waals surface area contributed by atoms with E-state index in [9.17, 15) is 4.79 Å². The molecule has 1 N–H and O–H groups in total. The van der Waals surface area contributed by atoms with E-state index in [0.29, 0.717) is 5.56 Å².